The second-order valence-corrected chi connectivity index (χ2v) is 4.93. The molecule has 0 bridgehead atoms. The molecule has 0 unspecified atom stereocenters. The molecule has 0 aliphatic carbocycles. The van der Waals surface area contributed by atoms with Crippen molar-refractivity contribution in [3.05, 3.63) is 18.1 Å². The van der Waals surface area contributed by atoms with E-state index in [2.05, 4.69) is 22.2 Å². The summed E-state index contributed by atoms with van der Waals surface area (Å²) in [4.78, 5) is 19.6. The maximum absolute atomic E-state index is 11.9. The maximum Gasteiger partial charge on any atom is 0.271 e. The van der Waals surface area contributed by atoms with Crippen molar-refractivity contribution in [2.24, 2.45) is 5.41 Å². The molecule has 1 aromatic heterocycles. The normalized spacial score (nSPS) is 18.3. The molecule has 98 valence electrons. The molecule has 0 radical (unpaired) electrons. The van der Waals surface area contributed by atoms with Gasteiger partial charge in [0.2, 0.25) is 0 Å². The number of nitrogens with one attached hydrogen (secondary N) is 1. The number of hydrogen-bond acceptors (Lipinski definition) is 5. The van der Waals surface area contributed by atoms with Gasteiger partial charge in [0.05, 0.1) is 12.4 Å². The standard InChI is InChI=1S/C12H18N4O2/c1-12(2-4-18-5-3-12)8-16-11(17)9-6-15-10(13)7-14-9/h6-7H,2-5,8H2,1H3,(H2,13,15)(H,16,17). The first-order chi connectivity index (χ1) is 8.59. The summed E-state index contributed by atoms with van der Waals surface area (Å²) < 4.78 is 5.32. The Morgan fingerprint density at radius 2 is 2.17 bits per heavy atom. The van der Waals surface area contributed by atoms with E-state index in [-0.39, 0.29) is 11.3 Å². The lowest BCUT2D eigenvalue weighted by atomic mass is 9.82. The van der Waals surface area contributed by atoms with Gasteiger partial charge in [-0.25, -0.2) is 9.97 Å². The van der Waals surface area contributed by atoms with Gasteiger partial charge in [-0.1, -0.05) is 6.92 Å². The summed E-state index contributed by atoms with van der Waals surface area (Å²) in [7, 11) is 0. The molecule has 18 heavy (non-hydrogen) atoms. The van der Waals surface area contributed by atoms with Crippen molar-refractivity contribution in [2.45, 2.75) is 19.8 Å². The van der Waals surface area contributed by atoms with Gasteiger partial charge in [-0.2, -0.15) is 0 Å². The molecule has 2 rings (SSSR count). The summed E-state index contributed by atoms with van der Waals surface area (Å²) in [5.74, 6) is 0.0955. The summed E-state index contributed by atoms with van der Waals surface area (Å²) in [5.41, 5.74) is 5.82. The molecule has 1 aliphatic rings. The summed E-state index contributed by atoms with van der Waals surface area (Å²) in [6.07, 6.45) is 4.68. The van der Waals surface area contributed by atoms with E-state index in [1.165, 1.54) is 12.4 Å². The number of ether oxygens (including phenoxy) is 1. The van der Waals surface area contributed by atoms with Crippen molar-refractivity contribution >= 4 is 11.7 Å². The summed E-state index contributed by atoms with van der Waals surface area (Å²) in [6, 6.07) is 0. The summed E-state index contributed by atoms with van der Waals surface area (Å²) >= 11 is 0. The molecule has 1 aromatic rings. The molecule has 1 fully saturated rings. The highest BCUT2D eigenvalue weighted by molar-refractivity contribution is 5.92. The van der Waals surface area contributed by atoms with Crippen LogP contribution in [0.3, 0.4) is 0 Å². The first-order valence-corrected chi connectivity index (χ1v) is 6.03. The van der Waals surface area contributed by atoms with E-state index in [0.29, 0.717) is 18.1 Å². The van der Waals surface area contributed by atoms with Crippen LogP contribution in [0.15, 0.2) is 12.4 Å². The van der Waals surface area contributed by atoms with E-state index in [9.17, 15) is 4.79 Å². The van der Waals surface area contributed by atoms with E-state index in [4.69, 9.17) is 10.5 Å². The SMILES string of the molecule is CC1(CNC(=O)c2cnc(N)cn2)CCOCC1. The van der Waals surface area contributed by atoms with Gasteiger partial charge >= 0.3 is 0 Å². The number of nitrogens with zero attached hydrogens (tertiary/aromatic N) is 2. The molecule has 0 atom stereocenters. The molecule has 0 aromatic carbocycles. The van der Waals surface area contributed by atoms with E-state index < -0.39 is 0 Å². The highest BCUT2D eigenvalue weighted by Crippen LogP contribution is 2.28. The largest absolute Gasteiger partial charge is 0.382 e. The van der Waals surface area contributed by atoms with E-state index in [1.807, 2.05) is 0 Å². The van der Waals surface area contributed by atoms with Gasteiger partial charge in [-0.15, -0.1) is 0 Å². The van der Waals surface area contributed by atoms with Gasteiger partial charge < -0.3 is 15.8 Å². The maximum atomic E-state index is 11.9. The molecule has 1 aliphatic heterocycles. The second kappa shape index (κ2) is 5.30. The molecule has 3 N–H and O–H groups in total. The van der Waals surface area contributed by atoms with Crippen LogP contribution in [0.5, 0.6) is 0 Å². The summed E-state index contributed by atoms with van der Waals surface area (Å²) in [5, 5.41) is 2.89. The molecule has 6 nitrogen and oxygen atoms in total. The lowest BCUT2D eigenvalue weighted by Gasteiger charge is -2.33. The fourth-order valence-electron chi connectivity index (χ4n) is 1.88. The van der Waals surface area contributed by atoms with Crippen LogP contribution in [0.1, 0.15) is 30.3 Å². The number of rotatable bonds is 3. The van der Waals surface area contributed by atoms with Gasteiger partial charge in [-0.05, 0) is 18.3 Å². The van der Waals surface area contributed by atoms with Gasteiger partial charge in [-0.3, -0.25) is 4.79 Å². The van der Waals surface area contributed by atoms with Crippen LogP contribution in [-0.2, 0) is 4.74 Å². The second-order valence-electron chi connectivity index (χ2n) is 4.93. The van der Waals surface area contributed by atoms with Crippen LogP contribution >= 0.6 is 0 Å². The number of carbonyl (C=O) groups excluding carboxylic acids is 1. The molecule has 1 amide bonds. The van der Waals surface area contributed by atoms with E-state index in [1.54, 1.807) is 0 Å². The summed E-state index contributed by atoms with van der Waals surface area (Å²) in [6.45, 7) is 4.30. The van der Waals surface area contributed by atoms with Crippen LogP contribution in [-0.4, -0.2) is 35.6 Å². The lowest BCUT2D eigenvalue weighted by molar-refractivity contribution is 0.0238. The minimum atomic E-state index is -0.213. The van der Waals surface area contributed by atoms with Gasteiger partial charge in [0.1, 0.15) is 11.5 Å². The van der Waals surface area contributed by atoms with Crippen molar-refractivity contribution in [3.8, 4) is 0 Å². The van der Waals surface area contributed by atoms with Crippen LogP contribution in [0.2, 0.25) is 0 Å². The predicted octanol–water partition coefficient (Wildman–Crippen LogP) is 0.605. The third kappa shape index (κ3) is 3.16. The molecule has 0 saturated carbocycles. The molecule has 2 heterocycles. The zero-order valence-electron chi connectivity index (χ0n) is 10.5. The Morgan fingerprint density at radius 3 is 2.78 bits per heavy atom. The highest BCUT2D eigenvalue weighted by atomic mass is 16.5. The van der Waals surface area contributed by atoms with Crippen molar-refractivity contribution in [1.29, 1.82) is 0 Å². The van der Waals surface area contributed by atoms with Crippen LogP contribution < -0.4 is 11.1 Å². The van der Waals surface area contributed by atoms with Gasteiger partial charge in [0, 0.05) is 19.8 Å². The highest BCUT2D eigenvalue weighted by Gasteiger charge is 2.27. The Bertz CT molecular complexity index is 413. The minimum absolute atomic E-state index is 0.106. The monoisotopic (exact) mass is 250 g/mol. The first kappa shape index (κ1) is 12.8. The molecule has 0 spiro atoms. The van der Waals surface area contributed by atoms with E-state index >= 15 is 0 Å². The Balaban J connectivity index is 1.89. The topological polar surface area (TPSA) is 90.1 Å². The first-order valence-electron chi connectivity index (χ1n) is 6.03. The molecular weight excluding hydrogens is 232 g/mol. The molecule has 1 saturated heterocycles. The molecular formula is C12H18N4O2. The number of amides is 1. The minimum Gasteiger partial charge on any atom is -0.382 e. The van der Waals surface area contributed by atoms with Crippen molar-refractivity contribution in [2.75, 3.05) is 25.5 Å². The quantitative estimate of drug-likeness (QED) is 0.820. The third-order valence-corrected chi connectivity index (χ3v) is 3.28. The Hall–Kier alpha value is -1.69. The van der Waals surface area contributed by atoms with Gasteiger partial charge in [0.25, 0.3) is 5.91 Å². The lowest BCUT2D eigenvalue weighted by Crippen LogP contribution is -2.39. The number of hydrogen-bond donors (Lipinski definition) is 2. The van der Waals surface area contributed by atoms with Crippen LogP contribution in [0.4, 0.5) is 5.82 Å². The van der Waals surface area contributed by atoms with Crippen LogP contribution in [0.25, 0.3) is 0 Å². The smallest absolute Gasteiger partial charge is 0.271 e. The Kier molecular flexibility index (Phi) is 3.76. The average Bonchev–Trinajstić information content (AvgIpc) is 2.38. The third-order valence-electron chi connectivity index (χ3n) is 3.28. The number of carbonyl (C=O) groups is 1. The number of nitrogen functional groups attached to an aromatic ring is 1. The van der Waals surface area contributed by atoms with Crippen molar-refractivity contribution in [3.63, 3.8) is 0 Å². The van der Waals surface area contributed by atoms with Crippen molar-refractivity contribution < 1.29 is 9.53 Å². The number of nitrogens with two attached hydrogens (primary N) is 1. The zero-order chi connectivity index (χ0) is 13.0. The Morgan fingerprint density at radius 1 is 1.44 bits per heavy atom. The number of aromatic nitrogens is 2. The van der Waals surface area contributed by atoms with E-state index in [0.717, 1.165) is 26.1 Å². The van der Waals surface area contributed by atoms with Crippen LogP contribution in [0, 0.1) is 5.41 Å². The molecule has 6 heteroatoms. The zero-order valence-corrected chi connectivity index (χ0v) is 10.5. The fourth-order valence-corrected chi connectivity index (χ4v) is 1.88. The van der Waals surface area contributed by atoms with Gasteiger partial charge in [0.15, 0.2) is 0 Å². The fraction of sp³-hybridized carbons (Fsp3) is 0.583. The average molecular weight is 250 g/mol. The Labute approximate surface area is 106 Å². The predicted molar refractivity (Wildman–Crippen MR) is 66.9 cm³/mol. The number of anilines is 1. The van der Waals surface area contributed by atoms with Crippen molar-refractivity contribution in [1.82, 2.24) is 15.3 Å².